The highest BCUT2D eigenvalue weighted by atomic mass is 15.3. The Labute approximate surface area is 93.7 Å². The Kier molecular flexibility index (Phi) is 3.50. The van der Waals surface area contributed by atoms with Gasteiger partial charge in [0.1, 0.15) is 5.82 Å². The summed E-state index contributed by atoms with van der Waals surface area (Å²) in [5, 5.41) is 7.20. The van der Waals surface area contributed by atoms with Crippen LogP contribution in [0.15, 0.2) is 71.9 Å². The number of nitrogens with one attached hydrogen (secondary N) is 2. The highest BCUT2D eigenvalue weighted by Crippen LogP contribution is 1.90. The van der Waals surface area contributed by atoms with Crippen LogP contribution in [0, 0.1) is 0 Å². The molecule has 4 heteroatoms. The average Bonchev–Trinajstić information content (AvgIpc) is 2.71. The van der Waals surface area contributed by atoms with Crippen molar-refractivity contribution < 1.29 is 0 Å². The average molecular weight is 212 g/mol. The van der Waals surface area contributed by atoms with Crippen molar-refractivity contribution >= 4 is 0 Å². The summed E-state index contributed by atoms with van der Waals surface area (Å²) in [5.74, 6) is 0.804. The van der Waals surface area contributed by atoms with Crippen molar-refractivity contribution in [2.24, 2.45) is 5.10 Å². The molecule has 80 valence electrons. The summed E-state index contributed by atoms with van der Waals surface area (Å²) in [7, 11) is 0. The zero-order chi connectivity index (χ0) is 11.1. The van der Waals surface area contributed by atoms with Crippen molar-refractivity contribution in [1.82, 2.24) is 15.7 Å². The van der Waals surface area contributed by atoms with Crippen molar-refractivity contribution in [3.05, 3.63) is 72.3 Å². The van der Waals surface area contributed by atoms with E-state index >= 15 is 0 Å². The first-order chi connectivity index (χ1) is 7.95. The second kappa shape index (κ2) is 5.50. The topological polar surface area (TPSA) is 49.3 Å². The molecule has 0 fully saturated rings. The van der Waals surface area contributed by atoms with E-state index in [1.54, 1.807) is 6.20 Å². The predicted molar refractivity (Wildman–Crippen MR) is 62.4 cm³/mol. The molecule has 0 aliphatic carbocycles. The Morgan fingerprint density at radius 3 is 3.12 bits per heavy atom. The number of rotatable bonds is 2. The summed E-state index contributed by atoms with van der Waals surface area (Å²) in [6.07, 6.45) is 11.2. The Hall–Kier alpha value is -2.36. The fourth-order valence-electron chi connectivity index (χ4n) is 1.13. The van der Waals surface area contributed by atoms with Gasteiger partial charge in [0, 0.05) is 12.4 Å². The molecule has 4 nitrogen and oxygen atoms in total. The van der Waals surface area contributed by atoms with Crippen LogP contribution in [-0.4, -0.2) is 4.98 Å². The summed E-state index contributed by atoms with van der Waals surface area (Å²) in [4.78, 5) is 4.13. The molecule has 0 aromatic carbocycles. The van der Waals surface area contributed by atoms with Gasteiger partial charge in [-0.15, -0.1) is 0 Å². The molecule has 1 aromatic rings. The van der Waals surface area contributed by atoms with E-state index in [0.29, 0.717) is 5.49 Å². The summed E-state index contributed by atoms with van der Waals surface area (Å²) in [6.45, 7) is 0. The first kappa shape index (κ1) is 10.2. The molecule has 2 rings (SSSR count). The summed E-state index contributed by atoms with van der Waals surface area (Å²) < 4.78 is 0. The highest BCUT2D eigenvalue weighted by Gasteiger charge is 1.90. The number of hydrogen-bond donors (Lipinski definition) is 2. The Morgan fingerprint density at radius 2 is 2.12 bits per heavy atom. The van der Waals surface area contributed by atoms with Crippen LogP contribution in [0.25, 0.3) is 0 Å². The minimum Gasteiger partial charge on any atom is -0.347 e. The zero-order valence-corrected chi connectivity index (χ0v) is 8.67. The maximum absolute atomic E-state index is 4.15. The van der Waals surface area contributed by atoms with Gasteiger partial charge in [0.2, 0.25) is 0 Å². The molecule has 0 atom stereocenters. The molecular weight excluding hydrogens is 200 g/mol. The van der Waals surface area contributed by atoms with E-state index in [4.69, 9.17) is 0 Å². The second-order valence-corrected chi connectivity index (χ2v) is 3.07. The van der Waals surface area contributed by atoms with Gasteiger partial charge in [-0.1, -0.05) is 24.3 Å². The van der Waals surface area contributed by atoms with Crippen LogP contribution in [0.4, 0.5) is 0 Å². The molecule has 1 aromatic heterocycles. The third-order valence-electron chi connectivity index (χ3n) is 1.87. The summed E-state index contributed by atoms with van der Waals surface area (Å²) in [6, 6.07) is 7.48. The fourth-order valence-corrected chi connectivity index (χ4v) is 1.13. The molecule has 0 amide bonds. The lowest BCUT2D eigenvalue weighted by Gasteiger charge is -2.02. The maximum atomic E-state index is 4.15. The first-order valence-electron chi connectivity index (χ1n) is 4.96. The van der Waals surface area contributed by atoms with Crippen LogP contribution in [-0.2, 0) is 0 Å². The standard InChI is InChI=1S/C12H12N4/c1-3-7-11(13-9-5-1)15-16-12-8-4-2-6-10-14-12/h1-10,13,15H. The number of aromatic nitrogens is 1. The third kappa shape index (κ3) is 3.09. The van der Waals surface area contributed by atoms with Gasteiger partial charge in [0.05, 0.1) is 0 Å². The fraction of sp³-hybridized carbons (Fsp3) is 0. The molecule has 0 bridgehead atoms. The summed E-state index contributed by atoms with van der Waals surface area (Å²) in [5.41, 5.74) is 3.53. The first-order valence-corrected chi connectivity index (χ1v) is 4.96. The number of hydrogen-bond acceptors (Lipinski definition) is 4. The molecule has 0 spiro atoms. The molecule has 2 N–H and O–H groups in total. The Bertz CT molecular complexity index is 478. The monoisotopic (exact) mass is 212 g/mol. The van der Waals surface area contributed by atoms with E-state index in [1.165, 1.54) is 0 Å². The molecule has 1 aliphatic rings. The van der Waals surface area contributed by atoms with E-state index in [0.717, 1.165) is 5.82 Å². The van der Waals surface area contributed by atoms with E-state index < -0.39 is 0 Å². The molecular formula is C12H12N4. The largest absolute Gasteiger partial charge is 0.347 e. The van der Waals surface area contributed by atoms with E-state index in [9.17, 15) is 0 Å². The lowest BCUT2D eigenvalue weighted by molar-refractivity contribution is 0.771. The van der Waals surface area contributed by atoms with Crippen molar-refractivity contribution in [1.29, 1.82) is 0 Å². The van der Waals surface area contributed by atoms with E-state index in [1.807, 2.05) is 54.8 Å². The highest BCUT2D eigenvalue weighted by molar-refractivity contribution is 5.19. The van der Waals surface area contributed by atoms with Crippen LogP contribution >= 0.6 is 0 Å². The van der Waals surface area contributed by atoms with Gasteiger partial charge >= 0.3 is 0 Å². The van der Waals surface area contributed by atoms with Crippen LogP contribution in [0.1, 0.15) is 0 Å². The Balaban J connectivity index is 2.13. The molecule has 1 aliphatic heterocycles. The zero-order valence-electron chi connectivity index (χ0n) is 8.67. The van der Waals surface area contributed by atoms with Gasteiger partial charge in [0.25, 0.3) is 0 Å². The van der Waals surface area contributed by atoms with Crippen LogP contribution in [0.2, 0.25) is 0 Å². The lowest BCUT2D eigenvalue weighted by Crippen LogP contribution is -2.21. The molecule has 0 saturated heterocycles. The maximum Gasteiger partial charge on any atom is 0.172 e. The van der Waals surface area contributed by atoms with Gasteiger partial charge in [-0.2, -0.15) is 5.10 Å². The number of allylic oxidation sites excluding steroid dienone is 4. The van der Waals surface area contributed by atoms with Crippen LogP contribution in [0.5, 0.6) is 0 Å². The van der Waals surface area contributed by atoms with Gasteiger partial charge in [0.15, 0.2) is 5.49 Å². The molecule has 0 radical (unpaired) electrons. The predicted octanol–water partition coefficient (Wildman–Crippen LogP) is 1.00. The smallest absolute Gasteiger partial charge is 0.172 e. The van der Waals surface area contributed by atoms with Crippen molar-refractivity contribution in [3.8, 4) is 0 Å². The lowest BCUT2D eigenvalue weighted by atomic mass is 10.5. The van der Waals surface area contributed by atoms with E-state index in [-0.39, 0.29) is 0 Å². The second-order valence-electron chi connectivity index (χ2n) is 3.07. The van der Waals surface area contributed by atoms with Gasteiger partial charge < -0.3 is 5.32 Å². The van der Waals surface area contributed by atoms with Crippen molar-refractivity contribution in [2.75, 3.05) is 0 Å². The van der Waals surface area contributed by atoms with Crippen molar-refractivity contribution in [2.45, 2.75) is 0 Å². The van der Waals surface area contributed by atoms with Gasteiger partial charge in [-0.05, 0) is 24.3 Å². The van der Waals surface area contributed by atoms with Crippen molar-refractivity contribution in [3.63, 3.8) is 0 Å². The van der Waals surface area contributed by atoms with Gasteiger partial charge in [-0.25, -0.2) is 4.98 Å². The SMILES string of the molecule is C1=CC=C(NN=c2cccccn2)NC=C1. The Morgan fingerprint density at radius 1 is 1.12 bits per heavy atom. The number of nitrogens with zero attached hydrogens (tertiary/aromatic N) is 2. The normalized spacial score (nSPS) is 15.0. The third-order valence-corrected chi connectivity index (χ3v) is 1.87. The molecule has 0 saturated carbocycles. The van der Waals surface area contributed by atoms with Crippen LogP contribution in [0.3, 0.4) is 0 Å². The van der Waals surface area contributed by atoms with Crippen LogP contribution < -0.4 is 16.2 Å². The molecule has 0 unspecified atom stereocenters. The summed E-state index contributed by atoms with van der Waals surface area (Å²) >= 11 is 0. The van der Waals surface area contributed by atoms with E-state index in [2.05, 4.69) is 20.8 Å². The molecule has 16 heavy (non-hydrogen) atoms. The quantitative estimate of drug-likeness (QED) is 0.719. The van der Waals surface area contributed by atoms with Gasteiger partial charge in [-0.3, -0.25) is 5.43 Å². The molecule has 2 heterocycles. The minimum absolute atomic E-state index is 0.630. The minimum atomic E-state index is 0.630.